The van der Waals surface area contributed by atoms with Gasteiger partial charge in [-0.1, -0.05) is 55.2 Å². The van der Waals surface area contributed by atoms with Gasteiger partial charge in [-0.25, -0.2) is 4.79 Å². The fourth-order valence-electron chi connectivity index (χ4n) is 3.68. The van der Waals surface area contributed by atoms with Crippen LogP contribution in [0.1, 0.15) is 61.1 Å². The second-order valence-electron chi connectivity index (χ2n) is 7.68. The van der Waals surface area contributed by atoms with Gasteiger partial charge in [0.15, 0.2) is 6.04 Å². The minimum Gasteiger partial charge on any atom is -0.335 e. The molecule has 0 radical (unpaired) electrons. The van der Waals surface area contributed by atoms with Crippen LogP contribution < -0.4 is 16.0 Å². The molecule has 0 unspecified atom stereocenters. The van der Waals surface area contributed by atoms with Crippen molar-refractivity contribution in [3.8, 4) is 0 Å². The Bertz CT molecular complexity index is 768. The summed E-state index contributed by atoms with van der Waals surface area (Å²) in [6, 6.07) is 12.0. The lowest BCUT2D eigenvalue weighted by molar-refractivity contribution is -0.704. The van der Waals surface area contributed by atoms with Crippen LogP contribution in [0.3, 0.4) is 0 Å². The van der Waals surface area contributed by atoms with E-state index in [2.05, 4.69) is 47.9 Å². The summed E-state index contributed by atoms with van der Waals surface area (Å²) in [5.74, 6) is -0.262. The highest BCUT2D eigenvalue weighted by molar-refractivity contribution is 7.10. The molecule has 5 nitrogen and oxygen atoms in total. The molecule has 3 amide bonds. The van der Waals surface area contributed by atoms with E-state index >= 15 is 0 Å². The number of benzene rings is 1. The topological polar surface area (TPSA) is 74.8 Å². The summed E-state index contributed by atoms with van der Waals surface area (Å²) in [4.78, 5) is 26.0. The van der Waals surface area contributed by atoms with Crippen LogP contribution in [0.2, 0.25) is 0 Å². The normalized spacial score (nSPS) is 16.9. The Hall–Kier alpha value is -2.18. The van der Waals surface area contributed by atoms with E-state index in [9.17, 15) is 9.59 Å². The van der Waals surface area contributed by atoms with E-state index in [1.807, 2.05) is 23.7 Å². The number of imide groups is 1. The zero-order valence-corrected chi connectivity index (χ0v) is 17.4. The minimum atomic E-state index is -0.384. The van der Waals surface area contributed by atoms with Crippen molar-refractivity contribution in [2.75, 3.05) is 0 Å². The smallest absolute Gasteiger partial charge is 0.321 e. The molecule has 3 rings (SSSR count). The molecule has 0 spiro atoms. The highest BCUT2D eigenvalue weighted by atomic mass is 32.1. The predicted molar refractivity (Wildman–Crippen MR) is 112 cm³/mol. The van der Waals surface area contributed by atoms with Crippen molar-refractivity contribution < 1.29 is 14.9 Å². The molecule has 2 atom stereocenters. The first kappa shape index (κ1) is 20.6. The van der Waals surface area contributed by atoms with Gasteiger partial charge in [0.1, 0.15) is 6.04 Å². The molecule has 2 aromatic rings. The van der Waals surface area contributed by atoms with Gasteiger partial charge < -0.3 is 10.6 Å². The van der Waals surface area contributed by atoms with E-state index in [4.69, 9.17) is 0 Å². The number of nitrogens with two attached hydrogens (primary N) is 1. The molecular weight excluding hydrogens is 370 g/mol. The summed E-state index contributed by atoms with van der Waals surface area (Å²) in [6.45, 7) is 3.91. The van der Waals surface area contributed by atoms with Gasteiger partial charge in [0.25, 0.3) is 5.91 Å². The summed E-state index contributed by atoms with van der Waals surface area (Å²) in [5, 5.41) is 9.54. The van der Waals surface area contributed by atoms with Crippen molar-refractivity contribution >= 4 is 23.3 Å². The first-order chi connectivity index (χ1) is 13.5. The fraction of sp³-hybridized carbons (Fsp3) is 0.455. The number of carbonyl (C=O) groups is 2. The van der Waals surface area contributed by atoms with Gasteiger partial charge in [0.05, 0.1) is 4.88 Å². The number of carbonyl (C=O) groups excluding carboxylic acids is 2. The third-order valence-electron chi connectivity index (χ3n) is 5.36. The van der Waals surface area contributed by atoms with Crippen LogP contribution in [0, 0.1) is 6.92 Å². The number of hydrogen-bond acceptors (Lipinski definition) is 3. The summed E-state index contributed by atoms with van der Waals surface area (Å²) >= 11 is 1.68. The van der Waals surface area contributed by atoms with Gasteiger partial charge in [-0.3, -0.25) is 10.1 Å². The zero-order chi connectivity index (χ0) is 19.9. The SMILES string of the molecule is Cc1ccc([C@@H]([NH2+][C@H](C)C(=O)NC(=O)NC2CCCCC2)c2cccs2)cc1. The number of hydrogen-bond donors (Lipinski definition) is 3. The van der Waals surface area contributed by atoms with Crippen LogP contribution in [0.15, 0.2) is 41.8 Å². The van der Waals surface area contributed by atoms with Gasteiger partial charge in [-0.2, -0.15) is 0 Å². The molecular formula is C22H30N3O2S+. The maximum Gasteiger partial charge on any atom is 0.321 e. The monoisotopic (exact) mass is 400 g/mol. The molecule has 0 aliphatic heterocycles. The van der Waals surface area contributed by atoms with Crippen LogP contribution in [0.5, 0.6) is 0 Å². The molecule has 1 fully saturated rings. The Kier molecular flexibility index (Phi) is 7.23. The third-order valence-corrected chi connectivity index (χ3v) is 6.31. The van der Waals surface area contributed by atoms with Crippen LogP contribution in [-0.2, 0) is 4.79 Å². The van der Waals surface area contributed by atoms with Crippen LogP contribution in [-0.4, -0.2) is 24.0 Å². The first-order valence-corrected chi connectivity index (χ1v) is 11.0. The second kappa shape index (κ2) is 9.85. The van der Waals surface area contributed by atoms with Crippen LogP contribution in [0.4, 0.5) is 4.79 Å². The molecule has 150 valence electrons. The summed E-state index contributed by atoms with van der Waals surface area (Å²) in [6.07, 6.45) is 5.51. The zero-order valence-electron chi connectivity index (χ0n) is 16.6. The Morgan fingerprint density at radius 3 is 2.46 bits per heavy atom. The Morgan fingerprint density at radius 2 is 1.82 bits per heavy atom. The van der Waals surface area contributed by atoms with Crippen LogP contribution in [0.25, 0.3) is 0 Å². The lowest BCUT2D eigenvalue weighted by Crippen LogP contribution is -2.92. The number of rotatable bonds is 6. The standard InChI is InChI=1S/C22H29N3O2S/c1-15-10-12-17(13-11-15)20(19-9-6-14-28-19)23-16(2)21(26)25-22(27)24-18-7-4-3-5-8-18/h6,9-14,16,18,20,23H,3-5,7-8H2,1-2H3,(H2,24,25,26,27)/p+1/t16-,20-/m1/s1. The molecule has 1 heterocycles. The maximum absolute atomic E-state index is 12.6. The van der Waals surface area contributed by atoms with Gasteiger partial charge in [-0.05, 0) is 38.1 Å². The molecule has 1 aromatic carbocycles. The third kappa shape index (κ3) is 5.66. The summed E-state index contributed by atoms with van der Waals surface area (Å²) in [5.41, 5.74) is 2.36. The molecule has 6 heteroatoms. The minimum absolute atomic E-state index is 0.0303. The average Bonchev–Trinajstić information content (AvgIpc) is 3.22. The predicted octanol–water partition coefficient (Wildman–Crippen LogP) is 3.26. The average molecular weight is 401 g/mol. The molecule has 0 bridgehead atoms. The Morgan fingerprint density at radius 1 is 1.11 bits per heavy atom. The van der Waals surface area contributed by atoms with Crippen molar-refractivity contribution in [1.82, 2.24) is 10.6 Å². The molecule has 0 saturated heterocycles. The fourth-order valence-corrected chi connectivity index (χ4v) is 4.52. The second-order valence-corrected chi connectivity index (χ2v) is 8.66. The number of amides is 3. The molecule has 28 heavy (non-hydrogen) atoms. The lowest BCUT2D eigenvalue weighted by atomic mass is 9.96. The molecule has 1 aromatic heterocycles. The largest absolute Gasteiger partial charge is 0.335 e. The van der Waals surface area contributed by atoms with E-state index in [0.717, 1.165) is 31.2 Å². The molecule has 1 saturated carbocycles. The van der Waals surface area contributed by atoms with E-state index in [-0.39, 0.29) is 30.1 Å². The van der Waals surface area contributed by atoms with Gasteiger partial charge in [0, 0.05) is 11.6 Å². The van der Waals surface area contributed by atoms with E-state index in [0.29, 0.717) is 0 Å². The van der Waals surface area contributed by atoms with Gasteiger partial charge in [0.2, 0.25) is 0 Å². The van der Waals surface area contributed by atoms with Gasteiger partial charge >= 0.3 is 6.03 Å². The molecule has 1 aliphatic rings. The first-order valence-electron chi connectivity index (χ1n) is 10.1. The van der Waals surface area contributed by atoms with E-state index in [1.165, 1.54) is 16.9 Å². The van der Waals surface area contributed by atoms with Crippen molar-refractivity contribution in [3.63, 3.8) is 0 Å². The molecule has 4 N–H and O–H groups in total. The Labute approximate surface area is 170 Å². The molecule has 1 aliphatic carbocycles. The van der Waals surface area contributed by atoms with Crippen molar-refractivity contribution in [1.29, 1.82) is 0 Å². The highest BCUT2D eigenvalue weighted by Crippen LogP contribution is 2.23. The number of quaternary nitrogens is 1. The Balaban J connectivity index is 1.61. The van der Waals surface area contributed by atoms with Crippen molar-refractivity contribution in [2.45, 2.75) is 64.1 Å². The number of aryl methyl sites for hydroxylation is 1. The van der Waals surface area contributed by atoms with Gasteiger partial charge in [-0.15, -0.1) is 11.3 Å². The number of nitrogens with one attached hydrogen (secondary N) is 2. The lowest BCUT2D eigenvalue weighted by Gasteiger charge is -2.23. The maximum atomic E-state index is 12.6. The van der Waals surface area contributed by atoms with E-state index in [1.54, 1.807) is 11.3 Å². The number of thiophene rings is 1. The van der Waals surface area contributed by atoms with Crippen LogP contribution >= 0.6 is 11.3 Å². The summed E-state index contributed by atoms with van der Waals surface area (Å²) in [7, 11) is 0. The quantitative estimate of drug-likeness (QED) is 0.696. The van der Waals surface area contributed by atoms with Crippen molar-refractivity contribution in [3.05, 3.63) is 57.8 Å². The van der Waals surface area contributed by atoms with E-state index < -0.39 is 0 Å². The van der Waals surface area contributed by atoms with Crippen molar-refractivity contribution in [2.24, 2.45) is 0 Å². The number of urea groups is 1. The highest BCUT2D eigenvalue weighted by Gasteiger charge is 2.27. The summed E-state index contributed by atoms with van der Waals surface area (Å²) < 4.78 is 0.